The first-order valence-corrected chi connectivity index (χ1v) is 11.3. The molecule has 2 heterocycles. The summed E-state index contributed by atoms with van der Waals surface area (Å²) in [5.41, 5.74) is 0.469. The first-order chi connectivity index (χ1) is 15.5. The second-order valence-corrected chi connectivity index (χ2v) is 7.76. The van der Waals surface area contributed by atoms with E-state index in [0.29, 0.717) is 36.6 Å². The number of amides is 1. The van der Waals surface area contributed by atoms with E-state index in [4.69, 9.17) is 9.15 Å². The van der Waals surface area contributed by atoms with Crippen molar-refractivity contribution < 1.29 is 23.8 Å². The Hall–Kier alpha value is -3.06. The molecule has 32 heavy (non-hydrogen) atoms. The number of rotatable bonds is 11. The lowest BCUT2D eigenvalue weighted by Crippen LogP contribution is -2.33. The molecule has 0 aliphatic carbocycles. The highest BCUT2D eigenvalue weighted by atomic mass is 16.5. The number of Topliss-reactive ketones (excluding diaryl/α,β-unsaturated/α-hetero) is 1. The number of benzene rings is 1. The van der Waals surface area contributed by atoms with E-state index in [0.717, 1.165) is 26.1 Å². The van der Waals surface area contributed by atoms with Crippen LogP contribution in [-0.4, -0.2) is 59.4 Å². The maximum atomic E-state index is 13.0. The fourth-order valence-electron chi connectivity index (χ4n) is 3.97. The Bertz CT molecular complexity index is 947. The van der Waals surface area contributed by atoms with E-state index < -0.39 is 17.7 Å². The largest absolute Gasteiger partial charge is 0.507 e. The minimum absolute atomic E-state index is 0.0421. The van der Waals surface area contributed by atoms with E-state index in [2.05, 4.69) is 18.7 Å². The Morgan fingerprint density at radius 3 is 2.59 bits per heavy atom. The Balaban J connectivity index is 1.95. The molecule has 1 amide bonds. The number of nitrogens with zero attached hydrogens (tertiary/aromatic N) is 2. The van der Waals surface area contributed by atoms with Crippen molar-refractivity contribution in [3.63, 3.8) is 0 Å². The van der Waals surface area contributed by atoms with Crippen LogP contribution in [0.4, 0.5) is 0 Å². The van der Waals surface area contributed by atoms with Crippen LogP contribution in [0, 0.1) is 0 Å². The maximum absolute atomic E-state index is 13.0. The summed E-state index contributed by atoms with van der Waals surface area (Å²) in [6.45, 7) is 9.80. The lowest BCUT2D eigenvalue weighted by molar-refractivity contribution is -0.140. The molecule has 0 spiro atoms. The third kappa shape index (κ3) is 5.05. The molecule has 1 N–H and O–H groups in total. The molecule has 1 aliphatic rings. The second-order valence-electron chi connectivity index (χ2n) is 7.76. The lowest BCUT2D eigenvalue weighted by Gasteiger charge is -2.25. The van der Waals surface area contributed by atoms with Crippen molar-refractivity contribution in [3.05, 3.63) is 59.6 Å². The molecule has 1 saturated heterocycles. The number of aliphatic hydroxyl groups excluding tert-OH is 1. The van der Waals surface area contributed by atoms with Gasteiger partial charge in [0.15, 0.2) is 0 Å². The van der Waals surface area contributed by atoms with Crippen molar-refractivity contribution in [1.29, 1.82) is 0 Å². The van der Waals surface area contributed by atoms with Crippen LogP contribution >= 0.6 is 0 Å². The van der Waals surface area contributed by atoms with Gasteiger partial charge in [-0.25, -0.2) is 0 Å². The molecule has 1 aromatic heterocycles. The zero-order valence-electron chi connectivity index (χ0n) is 19.0. The molecule has 0 radical (unpaired) electrons. The molecule has 1 atom stereocenters. The van der Waals surface area contributed by atoms with Gasteiger partial charge in [-0.3, -0.25) is 9.59 Å². The molecule has 0 bridgehead atoms. The molecule has 1 aliphatic heterocycles. The second kappa shape index (κ2) is 11.0. The fourth-order valence-corrected chi connectivity index (χ4v) is 3.97. The third-order valence-corrected chi connectivity index (χ3v) is 5.70. The minimum atomic E-state index is -0.762. The van der Waals surface area contributed by atoms with Crippen LogP contribution in [0.1, 0.15) is 51.0 Å². The van der Waals surface area contributed by atoms with E-state index in [1.54, 1.807) is 36.4 Å². The summed E-state index contributed by atoms with van der Waals surface area (Å²) in [5.74, 6) is -0.499. The van der Waals surface area contributed by atoms with Gasteiger partial charge >= 0.3 is 0 Å². The van der Waals surface area contributed by atoms with Gasteiger partial charge in [0.2, 0.25) is 0 Å². The van der Waals surface area contributed by atoms with Crippen LogP contribution in [0.25, 0.3) is 5.76 Å². The van der Waals surface area contributed by atoms with Gasteiger partial charge in [0.1, 0.15) is 23.3 Å². The summed E-state index contributed by atoms with van der Waals surface area (Å²) in [7, 11) is 0. The molecule has 172 valence electrons. The molecule has 1 fully saturated rings. The lowest BCUT2D eigenvalue weighted by atomic mass is 9.99. The van der Waals surface area contributed by atoms with Crippen molar-refractivity contribution in [3.8, 4) is 5.75 Å². The molecular weight excluding hydrogens is 408 g/mol. The Kier molecular flexibility index (Phi) is 8.11. The van der Waals surface area contributed by atoms with Gasteiger partial charge in [-0.2, -0.15) is 0 Å². The van der Waals surface area contributed by atoms with Crippen molar-refractivity contribution in [2.24, 2.45) is 0 Å². The molecule has 7 heteroatoms. The van der Waals surface area contributed by atoms with E-state index in [9.17, 15) is 14.7 Å². The Labute approximate surface area is 189 Å². The highest BCUT2D eigenvalue weighted by Gasteiger charge is 2.47. The molecule has 3 rings (SSSR count). The average Bonchev–Trinajstić information content (AvgIpc) is 3.42. The van der Waals surface area contributed by atoms with Crippen LogP contribution in [0.15, 0.2) is 52.7 Å². The van der Waals surface area contributed by atoms with Crippen molar-refractivity contribution >= 4 is 17.4 Å². The van der Waals surface area contributed by atoms with Gasteiger partial charge in [-0.05, 0) is 56.7 Å². The van der Waals surface area contributed by atoms with E-state index in [1.165, 1.54) is 11.2 Å². The topological polar surface area (TPSA) is 83.2 Å². The summed E-state index contributed by atoms with van der Waals surface area (Å²) in [5, 5.41) is 11.1. The number of hydrogen-bond acceptors (Lipinski definition) is 6. The zero-order chi connectivity index (χ0) is 23.1. The van der Waals surface area contributed by atoms with Crippen LogP contribution in [0.2, 0.25) is 0 Å². The summed E-state index contributed by atoms with van der Waals surface area (Å²) < 4.78 is 11.2. The van der Waals surface area contributed by atoms with Gasteiger partial charge in [0.25, 0.3) is 11.7 Å². The van der Waals surface area contributed by atoms with Gasteiger partial charge in [-0.15, -0.1) is 0 Å². The number of ether oxygens (including phenoxy) is 1. The van der Waals surface area contributed by atoms with Gasteiger partial charge < -0.3 is 24.1 Å². The highest BCUT2D eigenvalue weighted by molar-refractivity contribution is 6.46. The van der Waals surface area contributed by atoms with E-state index >= 15 is 0 Å². The predicted molar refractivity (Wildman–Crippen MR) is 122 cm³/mol. The first kappa shape index (κ1) is 23.6. The quantitative estimate of drug-likeness (QED) is 0.320. The van der Waals surface area contributed by atoms with Gasteiger partial charge in [0.05, 0.1) is 18.4 Å². The summed E-state index contributed by atoms with van der Waals surface area (Å²) in [4.78, 5) is 29.7. The number of aliphatic hydroxyl groups is 1. The summed E-state index contributed by atoms with van der Waals surface area (Å²) in [6, 6.07) is 9.60. The Morgan fingerprint density at radius 1 is 1.16 bits per heavy atom. The van der Waals surface area contributed by atoms with Crippen LogP contribution in [0.3, 0.4) is 0 Å². The minimum Gasteiger partial charge on any atom is -0.507 e. The number of hydrogen-bond donors (Lipinski definition) is 1. The molecular formula is C25H32N2O5. The van der Waals surface area contributed by atoms with E-state index in [1.807, 2.05) is 6.92 Å². The Morgan fingerprint density at radius 2 is 1.94 bits per heavy atom. The predicted octanol–water partition coefficient (Wildman–Crippen LogP) is 4.22. The van der Waals surface area contributed by atoms with E-state index in [-0.39, 0.29) is 11.3 Å². The van der Waals surface area contributed by atoms with Crippen molar-refractivity contribution in [2.45, 2.75) is 39.7 Å². The molecule has 1 unspecified atom stereocenters. The molecule has 7 nitrogen and oxygen atoms in total. The van der Waals surface area contributed by atoms with Crippen LogP contribution < -0.4 is 4.74 Å². The fraction of sp³-hybridized carbons (Fsp3) is 0.440. The van der Waals surface area contributed by atoms with Gasteiger partial charge in [-0.1, -0.05) is 32.9 Å². The average molecular weight is 441 g/mol. The standard InChI is InChI=1S/C25H32N2O5/c1-4-15-31-19-11-7-10-18(17-19)23(28)21-22(20-12-8-16-32-20)27(25(30)24(21)29)14-9-13-26(5-2)6-3/h7-8,10-12,16-17,22,28H,4-6,9,13-15H2,1-3H3/b23-21+. The van der Waals surface area contributed by atoms with Crippen LogP contribution in [0.5, 0.6) is 5.75 Å². The SMILES string of the molecule is CCCOc1cccc(/C(O)=C2\C(=O)C(=O)N(CCCN(CC)CC)C2c2ccco2)c1. The van der Waals surface area contributed by atoms with Crippen LogP contribution in [-0.2, 0) is 9.59 Å². The molecule has 0 saturated carbocycles. The van der Waals surface area contributed by atoms with Crippen molar-refractivity contribution in [1.82, 2.24) is 9.80 Å². The first-order valence-electron chi connectivity index (χ1n) is 11.3. The molecule has 2 aromatic rings. The molecule has 1 aromatic carbocycles. The number of carbonyl (C=O) groups excluding carboxylic acids is 2. The number of likely N-dealkylation sites (tertiary alicyclic amines) is 1. The maximum Gasteiger partial charge on any atom is 0.295 e. The van der Waals surface area contributed by atoms with Gasteiger partial charge in [0, 0.05) is 12.1 Å². The smallest absolute Gasteiger partial charge is 0.295 e. The van der Waals surface area contributed by atoms with Crippen molar-refractivity contribution in [2.75, 3.05) is 32.8 Å². The number of carbonyl (C=O) groups is 2. The summed E-state index contributed by atoms with van der Waals surface area (Å²) in [6.07, 6.45) is 3.07. The monoisotopic (exact) mass is 440 g/mol. The number of furan rings is 1. The normalized spacial score (nSPS) is 18.0. The number of ketones is 1. The third-order valence-electron chi connectivity index (χ3n) is 5.70. The highest BCUT2D eigenvalue weighted by Crippen LogP contribution is 2.39. The summed E-state index contributed by atoms with van der Waals surface area (Å²) >= 11 is 0. The zero-order valence-corrected chi connectivity index (χ0v) is 19.0.